The third-order valence-electron chi connectivity index (χ3n) is 4.85. The lowest BCUT2D eigenvalue weighted by molar-refractivity contribution is -0.137. The highest BCUT2D eigenvalue weighted by atomic mass is 16.5. The Morgan fingerprint density at radius 1 is 1.19 bits per heavy atom. The van der Waals surface area contributed by atoms with Gasteiger partial charge < -0.3 is 15.0 Å². The van der Waals surface area contributed by atoms with Gasteiger partial charge in [0, 0.05) is 37.9 Å². The van der Waals surface area contributed by atoms with Crippen molar-refractivity contribution in [1.29, 1.82) is 0 Å². The Hall–Kier alpha value is -2.89. The first-order valence-electron chi connectivity index (χ1n) is 9.26. The number of likely N-dealkylation sites (tertiary alicyclic amines) is 1. The predicted octanol–water partition coefficient (Wildman–Crippen LogP) is 2.32. The van der Waals surface area contributed by atoms with Crippen LogP contribution < -0.4 is 10.1 Å². The summed E-state index contributed by atoms with van der Waals surface area (Å²) in [6, 6.07) is 11.4. The van der Waals surface area contributed by atoms with Crippen LogP contribution in [-0.2, 0) is 16.1 Å². The molecule has 1 aliphatic rings. The fraction of sp³-hybridized carbons (Fsp3) is 0.381. The van der Waals surface area contributed by atoms with Gasteiger partial charge in [-0.15, -0.1) is 0 Å². The van der Waals surface area contributed by atoms with E-state index in [2.05, 4.69) is 10.3 Å². The molecule has 0 atom stereocenters. The second-order valence-corrected chi connectivity index (χ2v) is 6.79. The van der Waals surface area contributed by atoms with Gasteiger partial charge in [0.05, 0.1) is 0 Å². The Kier molecular flexibility index (Phi) is 6.41. The number of ether oxygens (including phenoxy) is 1. The minimum absolute atomic E-state index is 0.0305. The lowest BCUT2D eigenvalue weighted by Crippen LogP contribution is -2.44. The molecule has 1 fully saturated rings. The van der Waals surface area contributed by atoms with E-state index in [9.17, 15) is 9.59 Å². The molecule has 6 heteroatoms. The quantitative estimate of drug-likeness (QED) is 0.851. The van der Waals surface area contributed by atoms with Gasteiger partial charge in [-0.05, 0) is 43.0 Å². The highest BCUT2D eigenvalue weighted by Crippen LogP contribution is 2.19. The maximum atomic E-state index is 12.4. The van der Waals surface area contributed by atoms with E-state index in [0.717, 1.165) is 16.9 Å². The molecule has 142 valence electrons. The number of nitrogens with one attached hydrogen (secondary N) is 1. The largest absolute Gasteiger partial charge is 0.484 e. The van der Waals surface area contributed by atoms with E-state index < -0.39 is 0 Å². The number of rotatable bonds is 6. The molecule has 0 unspecified atom stereocenters. The van der Waals surface area contributed by atoms with E-state index in [1.165, 1.54) is 0 Å². The summed E-state index contributed by atoms with van der Waals surface area (Å²) in [7, 11) is 0. The van der Waals surface area contributed by atoms with Crippen molar-refractivity contribution in [3.05, 3.63) is 59.9 Å². The summed E-state index contributed by atoms with van der Waals surface area (Å²) in [6.07, 6.45) is 4.81. The van der Waals surface area contributed by atoms with Crippen molar-refractivity contribution < 1.29 is 14.3 Å². The number of para-hydroxylation sites is 1. The van der Waals surface area contributed by atoms with Crippen LogP contribution in [0.2, 0.25) is 0 Å². The van der Waals surface area contributed by atoms with Gasteiger partial charge in [0.1, 0.15) is 5.75 Å². The zero-order valence-corrected chi connectivity index (χ0v) is 15.6. The van der Waals surface area contributed by atoms with Gasteiger partial charge in [-0.2, -0.15) is 0 Å². The van der Waals surface area contributed by atoms with Crippen LogP contribution in [0.1, 0.15) is 24.0 Å². The van der Waals surface area contributed by atoms with Crippen molar-refractivity contribution >= 4 is 11.8 Å². The van der Waals surface area contributed by atoms with Crippen LogP contribution in [0.25, 0.3) is 0 Å². The Bertz CT molecular complexity index is 771. The van der Waals surface area contributed by atoms with E-state index in [1.807, 2.05) is 43.3 Å². The number of amides is 2. The van der Waals surface area contributed by atoms with E-state index in [1.54, 1.807) is 17.3 Å². The molecule has 2 heterocycles. The highest BCUT2D eigenvalue weighted by molar-refractivity contribution is 5.80. The summed E-state index contributed by atoms with van der Waals surface area (Å²) in [5, 5.41) is 2.96. The summed E-state index contributed by atoms with van der Waals surface area (Å²) < 4.78 is 5.64. The number of carbonyl (C=O) groups excluding carboxylic acids is 2. The molecule has 3 rings (SSSR count). The molecule has 0 radical (unpaired) electrons. The van der Waals surface area contributed by atoms with Crippen LogP contribution >= 0.6 is 0 Å². The van der Waals surface area contributed by atoms with E-state index in [-0.39, 0.29) is 24.3 Å². The normalized spacial score (nSPS) is 14.6. The lowest BCUT2D eigenvalue weighted by Gasteiger charge is -2.31. The molecule has 27 heavy (non-hydrogen) atoms. The number of hydrogen-bond donors (Lipinski definition) is 1. The van der Waals surface area contributed by atoms with Crippen molar-refractivity contribution in [2.75, 3.05) is 19.7 Å². The summed E-state index contributed by atoms with van der Waals surface area (Å²) in [4.78, 5) is 30.5. The number of aryl methyl sites for hydroxylation is 1. The lowest BCUT2D eigenvalue weighted by atomic mass is 9.96. The Morgan fingerprint density at radius 2 is 1.96 bits per heavy atom. The Labute approximate surface area is 159 Å². The fourth-order valence-electron chi connectivity index (χ4n) is 3.18. The Morgan fingerprint density at radius 3 is 2.67 bits per heavy atom. The number of carbonyl (C=O) groups is 2. The van der Waals surface area contributed by atoms with Crippen molar-refractivity contribution in [2.45, 2.75) is 26.3 Å². The molecule has 0 spiro atoms. The molecule has 1 aromatic heterocycles. The molecule has 1 saturated heterocycles. The van der Waals surface area contributed by atoms with Gasteiger partial charge in [0.15, 0.2) is 6.61 Å². The molecule has 1 aliphatic heterocycles. The molecule has 0 bridgehead atoms. The first-order valence-corrected chi connectivity index (χ1v) is 9.26. The van der Waals surface area contributed by atoms with Crippen LogP contribution in [0.3, 0.4) is 0 Å². The Balaban J connectivity index is 1.40. The van der Waals surface area contributed by atoms with E-state index in [0.29, 0.717) is 32.5 Å². The number of aromatic nitrogens is 1. The monoisotopic (exact) mass is 367 g/mol. The van der Waals surface area contributed by atoms with Crippen LogP contribution in [0, 0.1) is 12.8 Å². The zero-order valence-electron chi connectivity index (χ0n) is 15.6. The third kappa shape index (κ3) is 5.29. The van der Waals surface area contributed by atoms with Crippen LogP contribution in [0.15, 0.2) is 48.8 Å². The van der Waals surface area contributed by atoms with Gasteiger partial charge in [0.2, 0.25) is 5.91 Å². The van der Waals surface area contributed by atoms with Crippen LogP contribution in [0.4, 0.5) is 0 Å². The van der Waals surface area contributed by atoms with Crippen LogP contribution in [-0.4, -0.2) is 41.4 Å². The standard InChI is InChI=1S/C21H25N3O3/c1-16-5-2-3-7-19(16)27-15-20(25)24-11-8-18(9-12-24)21(26)23-14-17-6-4-10-22-13-17/h2-7,10,13,18H,8-9,11-12,14-15H2,1H3,(H,23,26). The molecule has 2 amide bonds. The average molecular weight is 367 g/mol. The molecule has 2 aromatic rings. The van der Waals surface area contributed by atoms with E-state index in [4.69, 9.17) is 4.74 Å². The molecule has 1 N–H and O–H groups in total. The van der Waals surface area contributed by atoms with Crippen molar-refractivity contribution in [2.24, 2.45) is 5.92 Å². The molecule has 1 aromatic carbocycles. The van der Waals surface area contributed by atoms with Gasteiger partial charge in [0.25, 0.3) is 5.91 Å². The second kappa shape index (κ2) is 9.16. The molecule has 0 saturated carbocycles. The number of piperidine rings is 1. The molecular formula is C21H25N3O3. The first kappa shape index (κ1) is 18.9. The number of nitrogens with zero attached hydrogens (tertiary/aromatic N) is 2. The van der Waals surface area contributed by atoms with Gasteiger partial charge >= 0.3 is 0 Å². The topological polar surface area (TPSA) is 71.5 Å². The van der Waals surface area contributed by atoms with Gasteiger partial charge in [-0.3, -0.25) is 14.6 Å². The molecule has 0 aliphatic carbocycles. The first-order chi connectivity index (χ1) is 13.1. The number of pyridine rings is 1. The number of benzene rings is 1. The maximum absolute atomic E-state index is 12.4. The van der Waals surface area contributed by atoms with Crippen molar-refractivity contribution in [3.63, 3.8) is 0 Å². The zero-order chi connectivity index (χ0) is 19.1. The molecular weight excluding hydrogens is 342 g/mol. The predicted molar refractivity (Wildman–Crippen MR) is 102 cm³/mol. The third-order valence-corrected chi connectivity index (χ3v) is 4.85. The van der Waals surface area contributed by atoms with Crippen molar-refractivity contribution in [1.82, 2.24) is 15.2 Å². The van der Waals surface area contributed by atoms with Crippen LogP contribution in [0.5, 0.6) is 5.75 Å². The molecule has 6 nitrogen and oxygen atoms in total. The maximum Gasteiger partial charge on any atom is 0.260 e. The summed E-state index contributed by atoms with van der Waals surface area (Å²) in [6.45, 7) is 3.64. The summed E-state index contributed by atoms with van der Waals surface area (Å²) >= 11 is 0. The van der Waals surface area contributed by atoms with Gasteiger partial charge in [-0.25, -0.2) is 0 Å². The average Bonchev–Trinajstić information content (AvgIpc) is 2.72. The van der Waals surface area contributed by atoms with Crippen molar-refractivity contribution in [3.8, 4) is 5.75 Å². The van der Waals surface area contributed by atoms with Gasteiger partial charge in [-0.1, -0.05) is 24.3 Å². The summed E-state index contributed by atoms with van der Waals surface area (Å²) in [5.41, 5.74) is 1.99. The summed E-state index contributed by atoms with van der Waals surface area (Å²) in [5.74, 6) is 0.688. The minimum atomic E-state index is -0.0528. The SMILES string of the molecule is Cc1ccccc1OCC(=O)N1CCC(C(=O)NCc2cccnc2)CC1. The minimum Gasteiger partial charge on any atom is -0.484 e. The fourth-order valence-corrected chi connectivity index (χ4v) is 3.18. The van der Waals surface area contributed by atoms with E-state index >= 15 is 0 Å². The highest BCUT2D eigenvalue weighted by Gasteiger charge is 2.27. The smallest absolute Gasteiger partial charge is 0.260 e. The number of hydrogen-bond acceptors (Lipinski definition) is 4. The second-order valence-electron chi connectivity index (χ2n) is 6.79.